The Morgan fingerprint density at radius 2 is 1.36 bits per heavy atom. The van der Waals surface area contributed by atoms with Gasteiger partial charge in [-0.25, -0.2) is 0 Å². The van der Waals surface area contributed by atoms with Crippen LogP contribution in [0.4, 0.5) is 0 Å². The minimum atomic E-state index is 0.486. The van der Waals surface area contributed by atoms with E-state index >= 15 is 0 Å². The fourth-order valence-electron chi connectivity index (χ4n) is 1.90. The summed E-state index contributed by atoms with van der Waals surface area (Å²) < 4.78 is 0. The molecule has 0 fully saturated rings. The maximum absolute atomic E-state index is 2.58. The molecule has 0 amide bonds. The summed E-state index contributed by atoms with van der Waals surface area (Å²) >= 11 is 0. The van der Waals surface area contributed by atoms with Crippen LogP contribution in [0.25, 0.3) is 0 Å². The second-order valence-corrected chi connectivity index (χ2v) is 6.09. The highest BCUT2D eigenvalue weighted by atomic mass is 15.2. The average Bonchev–Trinajstić information content (AvgIpc) is 1.94. The zero-order chi connectivity index (χ0) is 11.4. The molecular weight excluding hydrogens is 170 g/mol. The summed E-state index contributed by atoms with van der Waals surface area (Å²) in [5.74, 6) is 0. The Morgan fingerprint density at radius 3 is 1.64 bits per heavy atom. The SMILES string of the molecule is CC(C)N(CCCC(C)(C)C)C(C)C. The summed E-state index contributed by atoms with van der Waals surface area (Å²) in [5.41, 5.74) is 0.486. The number of hydrogen-bond donors (Lipinski definition) is 0. The lowest BCUT2D eigenvalue weighted by atomic mass is 9.90. The molecule has 14 heavy (non-hydrogen) atoms. The summed E-state index contributed by atoms with van der Waals surface area (Å²) in [6, 6.07) is 1.35. The molecule has 0 aromatic carbocycles. The van der Waals surface area contributed by atoms with Gasteiger partial charge in [-0.1, -0.05) is 20.8 Å². The van der Waals surface area contributed by atoms with Crippen molar-refractivity contribution in [2.75, 3.05) is 6.54 Å². The first-order chi connectivity index (χ1) is 6.24. The van der Waals surface area contributed by atoms with Gasteiger partial charge < -0.3 is 0 Å². The zero-order valence-electron chi connectivity index (χ0n) is 11.2. The van der Waals surface area contributed by atoms with Gasteiger partial charge in [-0.3, -0.25) is 4.90 Å². The van der Waals surface area contributed by atoms with Crippen LogP contribution < -0.4 is 0 Å². The Morgan fingerprint density at radius 1 is 0.929 bits per heavy atom. The monoisotopic (exact) mass is 199 g/mol. The summed E-state index contributed by atoms with van der Waals surface area (Å²) in [5, 5.41) is 0. The quantitative estimate of drug-likeness (QED) is 0.648. The third-order valence-corrected chi connectivity index (χ3v) is 2.67. The van der Waals surface area contributed by atoms with Crippen LogP contribution in [0.3, 0.4) is 0 Å². The van der Waals surface area contributed by atoms with E-state index in [0.717, 1.165) is 0 Å². The lowest BCUT2D eigenvalue weighted by Crippen LogP contribution is -2.37. The van der Waals surface area contributed by atoms with Crippen molar-refractivity contribution in [2.45, 2.75) is 73.4 Å². The third-order valence-electron chi connectivity index (χ3n) is 2.67. The van der Waals surface area contributed by atoms with E-state index in [0.29, 0.717) is 17.5 Å². The highest BCUT2D eigenvalue weighted by molar-refractivity contribution is 4.69. The van der Waals surface area contributed by atoms with E-state index in [2.05, 4.69) is 53.4 Å². The molecule has 0 bridgehead atoms. The highest BCUT2D eigenvalue weighted by Crippen LogP contribution is 2.21. The number of rotatable bonds is 5. The van der Waals surface area contributed by atoms with Crippen molar-refractivity contribution in [2.24, 2.45) is 5.41 Å². The molecule has 1 nitrogen and oxygen atoms in total. The predicted molar refractivity (Wildman–Crippen MR) is 65.7 cm³/mol. The number of hydrogen-bond acceptors (Lipinski definition) is 1. The van der Waals surface area contributed by atoms with Crippen molar-refractivity contribution < 1.29 is 0 Å². The molecule has 1 heteroatoms. The van der Waals surface area contributed by atoms with Gasteiger partial charge in [0.25, 0.3) is 0 Å². The lowest BCUT2D eigenvalue weighted by Gasteiger charge is -2.31. The van der Waals surface area contributed by atoms with E-state index in [9.17, 15) is 0 Å². The van der Waals surface area contributed by atoms with Gasteiger partial charge in [0.15, 0.2) is 0 Å². The van der Waals surface area contributed by atoms with Gasteiger partial charge in [-0.05, 0) is 52.5 Å². The van der Waals surface area contributed by atoms with Crippen molar-refractivity contribution >= 4 is 0 Å². The molecule has 0 spiro atoms. The molecule has 0 rings (SSSR count). The highest BCUT2D eigenvalue weighted by Gasteiger charge is 2.15. The van der Waals surface area contributed by atoms with E-state index in [1.165, 1.54) is 19.4 Å². The molecule has 0 N–H and O–H groups in total. The molecule has 0 saturated carbocycles. The maximum atomic E-state index is 2.58. The van der Waals surface area contributed by atoms with Crippen LogP contribution in [0, 0.1) is 5.41 Å². The van der Waals surface area contributed by atoms with Crippen LogP contribution in [0.2, 0.25) is 0 Å². The molecule has 86 valence electrons. The Bertz CT molecular complexity index is 134. The van der Waals surface area contributed by atoms with Crippen LogP contribution in [-0.2, 0) is 0 Å². The fraction of sp³-hybridized carbons (Fsp3) is 1.00. The van der Waals surface area contributed by atoms with Gasteiger partial charge in [0.05, 0.1) is 0 Å². The fourth-order valence-corrected chi connectivity index (χ4v) is 1.90. The molecule has 0 aromatic rings. The topological polar surface area (TPSA) is 3.24 Å². The second kappa shape index (κ2) is 5.75. The summed E-state index contributed by atoms with van der Waals surface area (Å²) in [6.45, 7) is 17.4. The standard InChI is InChI=1S/C13H29N/c1-11(2)14(12(3)4)10-8-9-13(5,6)7/h11-12H,8-10H2,1-7H3. The van der Waals surface area contributed by atoms with Crippen LogP contribution >= 0.6 is 0 Å². The lowest BCUT2D eigenvalue weighted by molar-refractivity contribution is 0.164. The second-order valence-electron chi connectivity index (χ2n) is 6.09. The summed E-state index contributed by atoms with van der Waals surface area (Å²) in [4.78, 5) is 2.58. The molecule has 0 saturated heterocycles. The van der Waals surface area contributed by atoms with Crippen molar-refractivity contribution in [1.82, 2.24) is 4.90 Å². The Hall–Kier alpha value is -0.0400. The van der Waals surface area contributed by atoms with Crippen molar-refractivity contribution in [3.8, 4) is 0 Å². The van der Waals surface area contributed by atoms with E-state index in [-0.39, 0.29) is 0 Å². The van der Waals surface area contributed by atoms with E-state index in [1.54, 1.807) is 0 Å². The summed E-state index contributed by atoms with van der Waals surface area (Å²) in [6.07, 6.45) is 2.64. The molecule has 0 heterocycles. The van der Waals surface area contributed by atoms with Crippen LogP contribution in [0.15, 0.2) is 0 Å². The smallest absolute Gasteiger partial charge is 0.00412 e. The first kappa shape index (κ1) is 14.0. The van der Waals surface area contributed by atoms with Gasteiger partial charge in [-0.2, -0.15) is 0 Å². The average molecular weight is 199 g/mol. The summed E-state index contributed by atoms with van der Waals surface area (Å²) in [7, 11) is 0. The van der Waals surface area contributed by atoms with Gasteiger partial charge in [0, 0.05) is 12.1 Å². The van der Waals surface area contributed by atoms with Crippen molar-refractivity contribution in [3.63, 3.8) is 0 Å². The van der Waals surface area contributed by atoms with Gasteiger partial charge >= 0.3 is 0 Å². The normalized spacial score (nSPS) is 13.3. The zero-order valence-corrected chi connectivity index (χ0v) is 11.2. The maximum Gasteiger partial charge on any atom is 0.00412 e. The van der Waals surface area contributed by atoms with E-state index in [4.69, 9.17) is 0 Å². The Balaban J connectivity index is 3.84. The van der Waals surface area contributed by atoms with E-state index in [1.807, 2.05) is 0 Å². The predicted octanol–water partition coefficient (Wildman–Crippen LogP) is 3.93. The van der Waals surface area contributed by atoms with Crippen LogP contribution in [0.5, 0.6) is 0 Å². The first-order valence-electron chi connectivity index (χ1n) is 6.00. The van der Waals surface area contributed by atoms with Crippen LogP contribution in [-0.4, -0.2) is 23.5 Å². The van der Waals surface area contributed by atoms with Crippen molar-refractivity contribution in [3.05, 3.63) is 0 Å². The first-order valence-corrected chi connectivity index (χ1v) is 6.00. The molecule has 0 radical (unpaired) electrons. The Kier molecular flexibility index (Phi) is 5.73. The minimum absolute atomic E-state index is 0.486. The molecule has 0 aromatic heterocycles. The third kappa shape index (κ3) is 6.42. The van der Waals surface area contributed by atoms with E-state index < -0.39 is 0 Å². The molecule has 0 aliphatic rings. The van der Waals surface area contributed by atoms with Crippen molar-refractivity contribution in [1.29, 1.82) is 0 Å². The van der Waals surface area contributed by atoms with Crippen LogP contribution in [0.1, 0.15) is 61.3 Å². The Labute approximate surface area is 90.9 Å². The molecular formula is C13H29N. The largest absolute Gasteiger partial charge is 0.299 e. The van der Waals surface area contributed by atoms with Gasteiger partial charge in [0.1, 0.15) is 0 Å². The molecule has 0 unspecified atom stereocenters. The molecule has 0 aliphatic heterocycles. The number of nitrogens with zero attached hydrogens (tertiary/aromatic N) is 1. The molecule has 0 atom stereocenters. The van der Waals surface area contributed by atoms with Gasteiger partial charge in [0.2, 0.25) is 0 Å². The van der Waals surface area contributed by atoms with Gasteiger partial charge in [-0.15, -0.1) is 0 Å². The minimum Gasteiger partial charge on any atom is -0.299 e. The molecule has 0 aliphatic carbocycles.